The third-order valence-electron chi connectivity index (χ3n) is 3.32. The summed E-state index contributed by atoms with van der Waals surface area (Å²) in [5.41, 5.74) is 0. The molecule has 1 heterocycles. The number of carbonyl (C=O) groups excluding carboxylic acids is 1. The standard InChI is InChI=1S/C13H25NO2/c1-3-4-5-6-7-10-16-13(15)12-8-9-14-11(12)2/h11-12,14H,3-10H2,1-2H3. The molecule has 1 fully saturated rings. The second kappa shape index (κ2) is 7.66. The van der Waals surface area contributed by atoms with Crippen LogP contribution >= 0.6 is 0 Å². The quantitative estimate of drug-likeness (QED) is 0.536. The van der Waals surface area contributed by atoms with E-state index in [2.05, 4.69) is 19.2 Å². The molecule has 1 saturated heterocycles. The van der Waals surface area contributed by atoms with E-state index in [9.17, 15) is 4.79 Å². The molecule has 1 N–H and O–H groups in total. The average Bonchev–Trinajstić information content (AvgIpc) is 2.69. The number of esters is 1. The summed E-state index contributed by atoms with van der Waals surface area (Å²) in [6.45, 7) is 5.80. The number of unbranched alkanes of at least 4 members (excludes halogenated alkanes) is 4. The van der Waals surface area contributed by atoms with Gasteiger partial charge in [0.15, 0.2) is 0 Å². The number of carbonyl (C=O) groups is 1. The SMILES string of the molecule is CCCCCCCOC(=O)C1CCNC1C. The van der Waals surface area contributed by atoms with Crippen molar-refractivity contribution in [3.05, 3.63) is 0 Å². The zero-order valence-electron chi connectivity index (χ0n) is 10.6. The third-order valence-corrected chi connectivity index (χ3v) is 3.32. The van der Waals surface area contributed by atoms with Gasteiger partial charge in [-0.1, -0.05) is 32.6 Å². The van der Waals surface area contributed by atoms with Crippen molar-refractivity contribution < 1.29 is 9.53 Å². The van der Waals surface area contributed by atoms with Crippen molar-refractivity contribution in [1.29, 1.82) is 0 Å². The second-order valence-corrected chi connectivity index (χ2v) is 4.72. The number of rotatable bonds is 7. The largest absolute Gasteiger partial charge is 0.465 e. The van der Waals surface area contributed by atoms with Crippen molar-refractivity contribution in [2.24, 2.45) is 5.92 Å². The Kier molecular flexibility index (Phi) is 6.46. The first-order valence-electron chi connectivity index (χ1n) is 6.65. The van der Waals surface area contributed by atoms with Gasteiger partial charge in [0.2, 0.25) is 0 Å². The molecular weight excluding hydrogens is 202 g/mol. The van der Waals surface area contributed by atoms with Gasteiger partial charge in [0, 0.05) is 6.04 Å². The first kappa shape index (κ1) is 13.5. The lowest BCUT2D eigenvalue weighted by atomic mass is 10.0. The predicted octanol–water partition coefficient (Wildman–Crippen LogP) is 2.50. The molecule has 0 aromatic carbocycles. The Bertz CT molecular complexity index is 206. The maximum atomic E-state index is 11.7. The highest BCUT2D eigenvalue weighted by molar-refractivity contribution is 5.73. The van der Waals surface area contributed by atoms with Crippen LogP contribution in [0, 0.1) is 5.92 Å². The van der Waals surface area contributed by atoms with E-state index in [-0.39, 0.29) is 17.9 Å². The van der Waals surface area contributed by atoms with Gasteiger partial charge in [-0.2, -0.15) is 0 Å². The summed E-state index contributed by atoms with van der Waals surface area (Å²) in [6.07, 6.45) is 6.92. The monoisotopic (exact) mass is 227 g/mol. The molecule has 0 amide bonds. The molecule has 3 heteroatoms. The van der Waals surface area contributed by atoms with Gasteiger partial charge < -0.3 is 10.1 Å². The molecule has 0 saturated carbocycles. The Labute approximate surface area is 98.9 Å². The number of hydrogen-bond donors (Lipinski definition) is 1. The minimum atomic E-state index is -0.00649. The van der Waals surface area contributed by atoms with Crippen molar-refractivity contribution >= 4 is 5.97 Å². The Hall–Kier alpha value is -0.570. The highest BCUT2D eigenvalue weighted by Crippen LogP contribution is 2.16. The van der Waals surface area contributed by atoms with Crippen molar-refractivity contribution in [1.82, 2.24) is 5.32 Å². The van der Waals surface area contributed by atoms with Crippen LogP contribution in [-0.4, -0.2) is 25.2 Å². The van der Waals surface area contributed by atoms with E-state index >= 15 is 0 Å². The molecule has 0 radical (unpaired) electrons. The summed E-state index contributed by atoms with van der Waals surface area (Å²) in [7, 11) is 0. The molecule has 1 aliphatic heterocycles. The topological polar surface area (TPSA) is 38.3 Å². The summed E-state index contributed by atoms with van der Waals surface area (Å²) < 4.78 is 5.30. The maximum Gasteiger partial charge on any atom is 0.310 e. The van der Waals surface area contributed by atoms with Crippen LogP contribution in [0.2, 0.25) is 0 Å². The molecule has 94 valence electrons. The van der Waals surface area contributed by atoms with Crippen LogP contribution in [0.4, 0.5) is 0 Å². The summed E-state index contributed by atoms with van der Waals surface area (Å²) in [5.74, 6) is 0.0728. The molecule has 2 unspecified atom stereocenters. The Morgan fingerprint density at radius 1 is 1.31 bits per heavy atom. The molecule has 16 heavy (non-hydrogen) atoms. The van der Waals surface area contributed by atoms with Crippen LogP contribution in [0.25, 0.3) is 0 Å². The van der Waals surface area contributed by atoms with E-state index in [4.69, 9.17) is 4.74 Å². The van der Waals surface area contributed by atoms with Gasteiger partial charge in [-0.05, 0) is 26.3 Å². The van der Waals surface area contributed by atoms with Crippen LogP contribution in [-0.2, 0) is 9.53 Å². The van der Waals surface area contributed by atoms with Gasteiger partial charge >= 0.3 is 5.97 Å². The molecular formula is C13H25NO2. The number of ether oxygens (including phenoxy) is 1. The van der Waals surface area contributed by atoms with Crippen LogP contribution < -0.4 is 5.32 Å². The summed E-state index contributed by atoms with van der Waals surface area (Å²) in [4.78, 5) is 11.7. The molecule has 0 bridgehead atoms. The lowest BCUT2D eigenvalue weighted by molar-refractivity contribution is -0.148. The van der Waals surface area contributed by atoms with Crippen molar-refractivity contribution in [3.8, 4) is 0 Å². The van der Waals surface area contributed by atoms with E-state index in [0.29, 0.717) is 6.61 Å². The molecule has 0 aliphatic carbocycles. The molecule has 2 atom stereocenters. The minimum Gasteiger partial charge on any atom is -0.465 e. The minimum absolute atomic E-state index is 0.00649. The lowest BCUT2D eigenvalue weighted by Gasteiger charge is -2.13. The highest BCUT2D eigenvalue weighted by Gasteiger charge is 2.30. The number of hydrogen-bond acceptors (Lipinski definition) is 3. The van der Waals surface area contributed by atoms with Crippen LogP contribution in [0.1, 0.15) is 52.4 Å². The predicted molar refractivity (Wildman–Crippen MR) is 65.3 cm³/mol. The average molecular weight is 227 g/mol. The molecule has 0 aromatic rings. The van der Waals surface area contributed by atoms with Crippen molar-refractivity contribution in [3.63, 3.8) is 0 Å². The number of nitrogens with one attached hydrogen (secondary N) is 1. The fraction of sp³-hybridized carbons (Fsp3) is 0.923. The van der Waals surface area contributed by atoms with Crippen LogP contribution in [0.15, 0.2) is 0 Å². The smallest absolute Gasteiger partial charge is 0.310 e. The molecule has 0 spiro atoms. The van der Waals surface area contributed by atoms with Gasteiger partial charge in [-0.3, -0.25) is 4.79 Å². The van der Waals surface area contributed by atoms with E-state index in [0.717, 1.165) is 19.4 Å². The van der Waals surface area contributed by atoms with Gasteiger partial charge in [-0.15, -0.1) is 0 Å². The normalized spacial score (nSPS) is 24.6. The van der Waals surface area contributed by atoms with Gasteiger partial charge in [0.25, 0.3) is 0 Å². The van der Waals surface area contributed by atoms with Crippen molar-refractivity contribution in [2.75, 3.05) is 13.2 Å². The van der Waals surface area contributed by atoms with Gasteiger partial charge in [-0.25, -0.2) is 0 Å². The van der Waals surface area contributed by atoms with Crippen LogP contribution in [0.5, 0.6) is 0 Å². The molecule has 0 aromatic heterocycles. The summed E-state index contributed by atoms with van der Waals surface area (Å²) >= 11 is 0. The lowest BCUT2D eigenvalue weighted by Crippen LogP contribution is -2.29. The Morgan fingerprint density at radius 3 is 2.69 bits per heavy atom. The third kappa shape index (κ3) is 4.52. The zero-order chi connectivity index (χ0) is 11.8. The maximum absolute atomic E-state index is 11.7. The van der Waals surface area contributed by atoms with Crippen molar-refractivity contribution in [2.45, 2.75) is 58.4 Å². The van der Waals surface area contributed by atoms with E-state index in [1.54, 1.807) is 0 Å². The molecule has 1 rings (SSSR count). The first-order valence-corrected chi connectivity index (χ1v) is 6.65. The van der Waals surface area contributed by atoms with Gasteiger partial charge in [0.1, 0.15) is 0 Å². The fourth-order valence-electron chi connectivity index (χ4n) is 2.17. The molecule has 3 nitrogen and oxygen atoms in total. The molecule has 1 aliphatic rings. The Balaban J connectivity index is 2.02. The zero-order valence-corrected chi connectivity index (χ0v) is 10.6. The van der Waals surface area contributed by atoms with Crippen LogP contribution in [0.3, 0.4) is 0 Å². The summed E-state index contributed by atoms with van der Waals surface area (Å²) in [5, 5.41) is 3.27. The second-order valence-electron chi connectivity index (χ2n) is 4.72. The van der Waals surface area contributed by atoms with E-state index in [1.807, 2.05) is 0 Å². The Morgan fingerprint density at radius 2 is 2.06 bits per heavy atom. The van der Waals surface area contributed by atoms with Gasteiger partial charge in [0.05, 0.1) is 12.5 Å². The van der Waals surface area contributed by atoms with E-state index in [1.165, 1.54) is 25.7 Å². The van der Waals surface area contributed by atoms with E-state index < -0.39 is 0 Å². The first-order chi connectivity index (χ1) is 7.75. The fourth-order valence-corrected chi connectivity index (χ4v) is 2.17. The summed E-state index contributed by atoms with van der Waals surface area (Å²) in [6, 6.07) is 0.285. The highest BCUT2D eigenvalue weighted by atomic mass is 16.5.